The Labute approximate surface area is 166 Å². The number of ether oxygens (including phenoxy) is 1. The van der Waals surface area contributed by atoms with Gasteiger partial charge in [-0.1, -0.05) is 28.1 Å². The summed E-state index contributed by atoms with van der Waals surface area (Å²) in [5.74, 6) is 0.761. The molecule has 0 spiro atoms. The van der Waals surface area contributed by atoms with E-state index in [9.17, 15) is 4.79 Å². The Bertz CT molecular complexity index is 935. The third kappa shape index (κ3) is 3.57. The van der Waals surface area contributed by atoms with Crippen LogP contribution in [0.2, 0.25) is 0 Å². The molecule has 1 aliphatic heterocycles. The van der Waals surface area contributed by atoms with Crippen LogP contribution in [-0.2, 0) is 6.54 Å². The van der Waals surface area contributed by atoms with Gasteiger partial charge in [-0.25, -0.2) is 4.79 Å². The van der Waals surface area contributed by atoms with E-state index < -0.39 is 0 Å². The van der Waals surface area contributed by atoms with Crippen molar-refractivity contribution < 1.29 is 9.53 Å². The second-order valence-corrected chi connectivity index (χ2v) is 7.35. The summed E-state index contributed by atoms with van der Waals surface area (Å²) >= 11 is 3.49. The molecule has 0 unspecified atom stereocenters. The predicted molar refractivity (Wildman–Crippen MR) is 109 cm³/mol. The van der Waals surface area contributed by atoms with E-state index in [1.165, 1.54) is 0 Å². The zero-order valence-corrected chi connectivity index (χ0v) is 16.5. The van der Waals surface area contributed by atoms with E-state index in [1.54, 1.807) is 7.11 Å². The number of hydrogen-bond donors (Lipinski definition) is 1. The number of benzene rings is 2. The third-order valence-corrected chi connectivity index (χ3v) is 5.35. The molecule has 1 aromatic heterocycles. The van der Waals surface area contributed by atoms with E-state index in [1.807, 2.05) is 47.4 Å². The molecular formula is C21H20BrN3O2. The lowest BCUT2D eigenvalue weighted by Gasteiger charge is -2.37. The number of carbonyl (C=O) groups excluding carboxylic acids is 1. The van der Waals surface area contributed by atoms with Crippen molar-refractivity contribution in [1.29, 1.82) is 0 Å². The Kier molecular flexibility index (Phi) is 4.90. The summed E-state index contributed by atoms with van der Waals surface area (Å²) in [5.41, 5.74) is 2.95. The summed E-state index contributed by atoms with van der Waals surface area (Å²) in [6.07, 6.45) is 2.07. The molecule has 2 heterocycles. The van der Waals surface area contributed by atoms with Gasteiger partial charge in [0.15, 0.2) is 0 Å². The first-order chi connectivity index (χ1) is 13.2. The molecule has 4 rings (SSSR count). The van der Waals surface area contributed by atoms with Gasteiger partial charge in [0.25, 0.3) is 0 Å². The van der Waals surface area contributed by atoms with Crippen molar-refractivity contribution in [1.82, 2.24) is 9.47 Å². The Balaban J connectivity index is 1.63. The number of rotatable bonds is 3. The first-order valence-electron chi connectivity index (χ1n) is 8.78. The van der Waals surface area contributed by atoms with Gasteiger partial charge in [-0.3, -0.25) is 0 Å². The molecule has 3 aromatic rings. The number of nitrogens with zero attached hydrogens (tertiary/aromatic N) is 2. The highest BCUT2D eigenvalue weighted by Gasteiger charge is 2.32. The second kappa shape index (κ2) is 7.48. The van der Waals surface area contributed by atoms with Gasteiger partial charge in [0.05, 0.1) is 13.2 Å². The maximum absolute atomic E-state index is 13.1. The Morgan fingerprint density at radius 2 is 1.81 bits per heavy atom. The summed E-state index contributed by atoms with van der Waals surface area (Å²) in [7, 11) is 1.62. The van der Waals surface area contributed by atoms with Gasteiger partial charge in [-0.15, -0.1) is 0 Å². The molecule has 1 atom stereocenters. The van der Waals surface area contributed by atoms with E-state index in [4.69, 9.17) is 4.74 Å². The standard InChI is InChI=1S/C21H20BrN3O2/c1-27-18-10-8-17(9-11-18)23-21(26)25-14-13-24-12-2-3-19(24)20(25)15-4-6-16(22)7-5-15/h2-12,20H,13-14H2,1H3,(H,23,26)/t20-/m1/s1. The first-order valence-corrected chi connectivity index (χ1v) is 9.57. The number of amides is 2. The van der Waals surface area contributed by atoms with Gasteiger partial charge in [0.1, 0.15) is 5.75 Å². The molecule has 0 radical (unpaired) electrons. The Hall–Kier alpha value is -2.73. The number of urea groups is 1. The zero-order valence-electron chi connectivity index (χ0n) is 14.9. The van der Waals surface area contributed by atoms with Crippen LogP contribution < -0.4 is 10.1 Å². The number of nitrogens with one attached hydrogen (secondary N) is 1. The van der Waals surface area contributed by atoms with Crippen molar-refractivity contribution in [3.63, 3.8) is 0 Å². The lowest BCUT2D eigenvalue weighted by Crippen LogP contribution is -2.44. The quantitative estimate of drug-likeness (QED) is 0.648. The molecule has 0 bridgehead atoms. The number of aromatic nitrogens is 1. The van der Waals surface area contributed by atoms with Crippen LogP contribution in [0, 0.1) is 0 Å². The smallest absolute Gasteiger partial charge is 0.322 e. The Morgan fingerprint density at radius 1 is 1.07 bits per heavy atom. The lowest BCUT2D eigenvalue weighted by molar-refractivity contribution is 0.182. The molecule has 2 amide bonds. The van der Waals surface area contributed by atoms with Crippen LogP contribution in [0.1, 0.15) is 17.3 Å². The van der Waals surface area contributed by atoms with Gasteiger partial charge in [-0.05, 0) is 54.1 Å². The normalized spacial score (nSPS) is 15.9. The van der Waals surface area contributed by atoms with E-state index >= 15 is 0 Å². The summed E-state index contributed by atoms with van der Waals surface area (Å²) in [5, 5.41) is 3.01. The fraction of sp³-hybridized carbons (Fsp3) is 0.190. The van der Waals surface area contributed by atoms with Crippen molar-refractivity contribution >= 4 is 27.6 Å². The third-order valence-electron chi connectivity index (χ3n) is 4.83. The van der Waals surface area contributed by atoms with Gasteiger partial charge >= 0.3 is 6.03 Å². The molecule has 0 saturated heterocycles. The summed E-state index contributed by atoms with van der Waals surface area (Å²) in [4.78, 5) is 15.0. The largest absolute Gasteiger partial charge is 0.497 e. The van der Waals surface area contributed by atoms with Crippen LogP contribution in [0.4, 0.5) is 10.5 Å². The van der Waals surface area contributed by atoms with E-state index in [0.717, 1.165) is 33.7 Å². The molecule has 0 fully saturated rings. The number of hydrogen-bond acceptors (Lipinski definition) is 2. The topological polar surface area (TPSA) is 46.5 Å². The molecule has 138 valence electrons. The average molecular weight is 426 g/mol. The van der Waals surface area contributed by atoms with Crippen LogP contribution in [0.5, 0.6) is 5.75 Å². The number of carbonyl (C=O) groups is 1. The summed E-state index contributed by atoms with van der Waals surface area (Å²) in [6, 6.07) is 19.4. The zero-order chi connectivity index (χ0) is 18.8. The molecule has 1 aliphatic rings. The minimum Gasteiger partial charge on any atom is -0.497 e. The molecule has 5 nitrogen and oxygen atoms in total. The van der Waals surface area contributed by atoms with Crippen LogP contribution >= 0.6 is 15.9 Å². The van der Waals surface area contributed by atoms with Crippen molar-refractivity contribution in [2.45, 2.75) is 12.6 Å². The van der Waals surface area contributed by atoms with Crippen molar-refractivity contribution in [2.75, 3.05) is 19.0 Å². The van der Waals surface area contributed by atoms with Gasteiger partial charge in [-0.2, -0.15) is 0 Å². The van der Waals surface area contributed by atoms with Crippen LogP contribution in [0.3, 0.4) is 0 Å². The number of halogens is 1. The fourth-order valence-electron chi connectivity index (χ4n) is 3.47. The van der Waals surface area contributed by atoms with Crippen LogP contribution in [0.25, 0.3) is 0 Å². The highest BCUT2D eigenvalue weighted by molar-refractivity contribution is 9.10. The van der Waals surface area contributed by atoms with Crippen molar-refractivity contribution in [3.05, 3.63) is 82.6 Å². The molecule has 1 N–H and O–H groups in total. The van der Waals surface area contributed by atoms with Gasteiger partial charge in [0, 0.05) is 35.1 Å². The molecule has 2 aromatic carbocycles. The number of anilines is 1. The highest BCUT2D eigenvalue weighted by Crippen LogP contribution is 2.33. The fourth-order valence-corrected chi connectivity index (χ4v) is 3.73. The van der Waals surface area contributed by atoms with Crippen LogP contribution in [0.15, 0.2) is 71.3 Å². The van der Waals surface area contributed by atoms with E-state index in [2.05, 4.69) is 50.2 Å². The monoisotopic (exact) mass is 425 g/mol. The molecule has 6 heteroatoms. The van der Waals surface area contributed by atoms with E-state index in [-0.39, 0.29) is 12.1 Å². The summed E-state index contributed by atoms with van der Waals surface area (Å²) < 4.78 is 8.41. The SMILES string of the molecule is COc1ccc(NC(=O)N2CCn3cccc3[C@H]2c2ccc(Br)cc2)cc1. The van der Waals surface area contributed by atoms with Gasteiger partial charge in [0.2, 0.25) is 0 Å². The van der Waals surface area contributed by atoms with Crippen molar-refractivity contribution in [2.24, 2.45) is 0 Å². The van der Waals surface area contributed by atoms with Crippen LogP contribution in [-0.4, -0.2) is 29.2 Å². The Morgan fingerprint density at radius 3 is 2.52 bits per heavy atom. The minimum absolute atomic E-state index is 0.111. The lowest BCUT2D eigenvalue weighted by atomic mass is 10.0. The average Bonchev–Trinajstić information content (AvgIpc) is 3.17. The molecule has 0 aliphatic carbocycles. The van der Waals surface area contributed by atoms with Gasteiger partial charge < -0.3 is 19.5 Å². The number of fused-ring (bicyclic) bond motifs is 1. The van der Waals surface area contributed by atoms with Crippen molar-refractivity contribution in [3.8, 4) is 5.75 Å². The second-order valence-electron chi connectivity index (χ2n) is 6.43. The maximum Gasteiger partial charge on any atom is 0.322 e. The molecule has 27 heavy (non-hydrogen) atoms. The molecular weight excluding hydrogens is 406 g/mol. The predicted octanol–water partition coefficient (Wildman–Crippen LogP) is 4.90. The molecule has 0 saturated carbocycles. The summed E-state index contributed by atoms with van der Waals surface area (Å²) in [6.45, 7) is 1.43. The number of methoxy groups -OCH3 is 1. The first kappa shape index (κ1) is 17.7. The minimum atomic E-state index is -0.125. The van der Waals surface area contributed by atoms with E-state index in [0.29, 0.717) is 6.54 Å². The maximum atomic E-state index is 13.1. The highest BCUT2D eigenvalue weighted by atomic mass is 79.9.